The minimum Gasteiger partial charge on any atom is -0.481 e. The van der Waals surface area contributed by atoms with Crippen molar-refractivity contribution in [2.75, 3.05) is 13.1 Å². The van der Waals surface area contributed by atoms with Crippen molar-refractivity contribution in [2.45, 2.75) is 39.4 Å². The van der Waals surface area contributed by atoms with Gasteiger partial charge >= 0.3 is 0 Å². The van der Waals surface area contributed by atoms with E-state index in [1.54, 1.807) is 5.01 Å². The average Bonchev–Trinajstić information content (AvgIpc) is 1.97. The number of hydrazone groups is 1. The van der Waals surface area contributed by atoms with Crippen molar-refractivity contribution in [1.29, 1.82) is 0 Å². The fourth-order valence-electron chi connectivity index (χ4n) is 1.13. The zero-order valence-electron chi connectivity index (χ0n) is 10.1. The lowest BCUT2D eigenvalue weighted by Crippen LogP contribution is -2.51. The number of aliphatic carboxylic acids is 1. The number of hydrogen-bond donors (Lipinski definition) is 1. The maximum atomic E-state index is 9.83. The zero-order valence-corrected chi connectivity index (χ0v) is 10.1. The molecule has 1 heterocycles. The Morgan fingerprint density at radius 1 is 1.50 bits per heavy atom. The number of carboxylic acids is 1. The summed E-state index contributed by atoms with van der Waals surface area (Å²) in [4.78, 5) is 18.8. The molecule has 1 fully saturated rings. The number of carbonyl (C=O) groups excluding carboxylic acids is 1. The molecule has 0 aromatic carbocycles. The van der Waals surface area contributed by atoms with Crippen molar-refractivity contribution in [1.82, 2.24) is 5.01 Å². The molecule has 0 amide bonds. The van der Waals surface area contributed by atoms with E-state index in [9.17, 15) is 4.79 Å². The van der Waals surface area contributed by atoms with E-state index >= 15 is 0 Å². The van der Waals surface area contributed by atoms with Crippen molar-refractivity contribution >= 4 is 12.0 Å². The first kappa shape index (κ1) is 14.6. The Morgan fingerprint density at radius 3 is 2.25 bits per heavy atom. The molecule has 0 bridgehead atoms. The highest BCUT2D eigenvalue weighted by molar-refractivity contribution is 5.62. The molecule has 1 N–H and O–H groups in total. The van der Waals surface area contributed by atoms with Crippen LogP contribution in [0.1, 0.15) is 27.7 Å². The lowest BCUT2D eigenvalue weighted by atomic mass is 10.1. The van der Waals surface area contributed by atoms with Crippen LogP contribution in [-0.2, 0) is 14.3 Å². The summed E-state index contributed by atoms with van der Waals surface area (Å²) in [6.07, 6.45) is 1.71. The van der Waals surface area contributed by atoms with Gasteiger partial charge in [0.15, 0.2) is 0 Å². The molecule has 0 saturated carbocycles. The largest absolute Gasteiger partial charge is 0.481 e. The molecule has 0 aromatic rings. The normalized spacial score (nSPS) is 15.4. The number of hydrogen-bond acceptors (Lipinski definition) is 5. The standard InChI is InChI=1S/C8H14N2O2.C2H4O2/c1-8(2,3)12-7-4-10(5-7)9-6-11;1-2(3)4/h7H,4-5H2,1-3H3;1H3,(H,3,4). The van der Waals surface area contributed by atoms with Gasteiger partial charge in [0.05, 0.1) is 24.8 Å². The van der Waals surface area contributed by atoms with Crippen molar-refractivity contribution in [3.63, 3.8) is 0 Å². The number of nitrogens with zero attached hydrogens (tertiary/aromatic N) is 2. The second-order valence-corrected chi connectivity index (χ2v) is 4.43. The average molecular weight is 230 g/mol. The van der Waals surface area contributed by atoms with Gasteiger partial charge in [-0.3, -0.25) is 9.80 Å². The first-order valence-electron chi connectivity index (χ1n) is 4.94. The SMILES string of the molecule is CC(=O)O.CC(C)(C)OC1CN(N=C=O)C1. The summed E-state index contributed by atoms with van der Waals surface area (Å²) in [7, 11) is 0. The molecule has 0 radical (unpaired) electrons. The quantitative estimate of drug-likeness (QED) is 0.561. The predicted molar refractivity (Wildman–Crippen MR) is 57.6 cm³/mol. The van der Waals surface area contributed by atoms with Gasteiger partial charge in [-0.2, -0.15) is 0 Å². The van der Waals surface area contributed by atoms with Crippen LogP contribution in [0.4, 0.5) is 0 Å². The predicted octanol–water partition coefficient (Wildman–Crippen LogP) is 0.827. The summed E-state index contributed by atoms with van der Waals surface area (Å²) in [6, 6.07) is 0. The minimum atomic E-state index is -0.833. The van der Waals surface area contributed by atoms with E-state index in [1.807, 2.05) is 20.8 Å². The highest BCUT2D eigenvalue weighted by Crippen LogP contribution is 2.18. The molecule has 92 valence electrons. The molecule has 1 aliphatic heterocycles. The van der Waals surface area contributed by atoms with Gasteiger partial charge < -0.3 is 9.84 Å². The summed E-state index contributed by atoms with van der Waals surface area (Å²) in [5, 5.41) is 12.5. The fourth-order valence-corrected chi connectivity index (χ4v) is 1.13. The van der Waals surface area contributed by atoms with E-state index in [0.717, 1.165) is 6.92 Å². The molecular weight excluding hydrogens is 212 g/mol. The van der Waals surface area contributed by atoms with Crippen LogP contribution in [0.25, 0.3) is 0 Å². The summed E-state index contributed by atoms with van der Waals surface area (Å²) < 4.78 is 5.62. The van der Waals surface area contributed by atoms with E-state index < -0.39 is 5.97 Å². The number of carboxylic acid groups (broad SMARTS) is 1. The smallest absolute Gasteiger partial charge is 0.300 e. The lowest BCUT2D eigenvalue weighted by molar-refractivity contribution is -0.134. The topological polar surface area (TPSA) is 79.2 Å². The number of carbonyl (C=O) groups is 1. The van der Waals surface area contributed by atoms with Crippen LogP contribution in [0.5, 0.6) is 0 Å². The van der Waals surface area contributed by atoms with Crippen molar-refractivity contribution in [3.8, 4) is 0 Å². The van der Waals surface area contributed by atoms with Crippen molar-refractivity contribution < 1.29 is 19.4 Å². The molecular formula is C10H18N2O4. The maximum Gasteiger partial charge on any atom is 0.300 e. The Hall–Kier alpha value is -1.39. The van der Waals surface area contributed by atoms with Crippen LogP contribution < -0.4 is 0 Å². The molecule has 1 saturated heterocycles. The third-order valence-corrected chi connectivity index (χ3v) is 1.53. The molecule has 1 rings (SSSR count). The monoisotopic (exact) mass is 230 g/mol. The van der Waals surface area contributed by atoms with Crippen molar-refractivity contribution in [2.24, 2.45) is 5.10 Å². The molecule has 0 atom stereocenters. The van der Waals surface area contributed by atoms with Gasteiger partial charge in [0.2, 0.25) is 0 Å². The first-order valence-corrected chi connectivity index (χ1v) is 4.94. The van der Waals surface area contributed by atoms with Gasteiger partial charge in [0.25, 0.3) is 12.0 Å². The van der Waals surface area contributed by atoms with E-state index in [1.165, 1.54) is 6.08 Å². The van der Waals surface area contributed by atoms with Crippen LogP contribution in [-0.4, -0.2) is 47.0 Å². The van der Waals surface area contributed by atoms with Gasteiger partial charge in [0.1, 0.15) is 0 Å². The van der Waals surface area contributed by atoms with E-state index in [-0.39, 0.29) is 11.7 Å². The Balaban J connectivity index is 0.000000487. The first-order chi connectivity index (χ1) is 7.24. The Morgan fingerprint density at radius 2 is 1.94 bits per heavy atom. The summed E-state index contributed by atoms with van der Waals surface area (Å²) in [5.41, 5.74) is -0.109. The minimum absolute atomic E-state index is 0.109. The number of isocyanates is 1. The van der Waals surface area contributed by atoms with Crippen LogP contribution >= 0.6 is 0 Å². The molecule has 1 aliphatic rings. The van der Waals surface area contributed by atoms with Crippen LogP contribution in [0, 0.1) is 0 Å². The van der Waals surface area contributed by atoms with E-state index in [0.29, 0.717) is 13.1 Å². The van der Waals surface area contributed by atoms with Crippen LogP contribution in [0.2, 0.25) is 0 Å². The molecule has 16 heavy (non-hydrogen) atoms. The molecule has 0 unspecified atom stereocenters. The molecule has 0 spiro atoms. The van der Waals surface area contributed by atoms with Crippen molar-refractivity contribution in [3.05, 3.63) is 0 Å². The third-order valence-electron chi connectivity index (χ3n) is 1.53. The maximum absolute atomic E-state index is 9.83. The summed E-state index contributed by atoms with van der Waals surface area (Å²) >= 11 is 0. The highest BCUT2D eigenvalue weighted by Gasteiger charge is 2.30. The highest BCUT2D eigenvalue weighted by atomic mass is 16.5. The summed E-state index contributed by atoms with van der Waals surface area (Å²) in [6.45, 7) is 8.52. The van der Waals surface area contributed by atoms with Gasteiger partial charge in [-0.15, -0.1) is 0 Å². The zero-order chi connectivity index (χ0) is 12.8. The van der Waals surface area contributed by atoms with Crippen LogP contribution in [0.3, 0.4) is 0 Å². The summed E-state index contributed by atoms with van der Waals surface area (Å²) in [5.74, 6) is -0.833. The second-order valence-electron chi connectivity index (χ2n) is 4.43. The Labute approximate surface area is 94.9 Å². The van der Waals surface area contributed by atoms with Gasteiger partial charge in [-0.1, -0.05) is 5.10 Å². The third kappa shape index (κ3) is 7.96. The Bertz CT molecular complexity index is 269. The lowest BCUT2D eigenvalue weighted by Gasteiger charge is -2.39. The van der Waals surface area contributed by atoms with Gasteiger partial charge in [-0.25, -0.2) is 4.79 Å². The molecule has 6 nitrogen and oxygen atoms in total. The second kappa shape index (κ2) is 6.25. The number of rotatable bonds is 2. The van der Waals surface area contributed by atoms with Gasteiger partial charge in [0, 0.05) is 6.92 Å². The number of ether oxygens (including phenoxy) is 1. The fraction of sp³-hybridized carbons (Fsp3) is 0.800. The van der Waals surface area contributed by atoms with Crippen LogP contribution in [0.15, 0.2) is 5.10 Å². The Kier molecular flexibility index (Phi) is 5.71. The van der Waals surface area contributed by atoms with Gasteiger partial charge in [-0.05, 0) is 20.8 Å². The van der Waals surface area contributed by atoms with E-state index in [4.69, 9.17) is 14.6 Å². The molecule has 0 aromatic heterocycles. The molecule has 0 aliphatic carbocycles. The molecule has 6 heteroatoms. The van der Waals surface area contributed by atoms with E-state index in [2.05, 4.69) is 5.10 Å².